The first-order chi connectivity index (χ1) is 12.1. The number of benzene rings is 1. The van der Waals surface area contributed by atoms with E-state index in [0.29, 0.717) is 9.88 Å². The third-order valence-electron chi connectivity index (χ3n) is 4.26. The first kappa shape index (κ1) is 17.4. The number of para-hydroxylation sites is 1. The Kier molecular flexibility index (Phi) is 5.67. The maximum Gasteiger partial charge on any atom is 0.324 e. The van der Waals surface area contributed by atoms with E-state index in [-0.39, 0.29) is 18.0 Å². The summed E-state index contributed by atoms with van der Waals surface area (Å²) in [4.78, 5) is 27.1. The van der Waals surface area contributed by atoms with Crippen LogP contribution in [0.3, 0.4) is 0 Å². The predicted octanol–water partition coefficient (Wildman–Crippen LogP) is 3.22. The molecular formula is C18H22N4O2S. The first-order valence-electron chi connectivity index (χ1n) is 8.34. The molecule has 3 rings (SSSR count). The summed E-state index contributed by atoms with van der Waals surface area (Å²) < 4.78 is 0. The van der Waals surface area contributed by atoms with Crippen LogP contribution in [0.1, 0.15) is 22.5 Å². The van der Waals surface area contributed by atoms with Crippen LogP contribution in [0.2, 0.25) is 0 Å². The maximum absolute atomic E-state index is 12.6. The Morgan fingerprint density at radius 1 is 1.08 bits per heavy atom. The van der Waals surface area contributed by atoms with Gasteiger partial charge in [0.1, 0.15) is 0 Å². The molecule has 1 aromatic heterocycles. The van der Waals surface area contributed by atoms with Gasteiger partial charge in [-0.2, -0.15) is 0 Å². The highest BCUT2D eigenvalue weighted by Gasteiger charge is 2.24. The summed E-state index contributed by atoms with van der Waals surface area (Å²) in [6, 6.07) is 12.7. The van der Waals surface area contributed by atoms with Gasteiger partial charge in [0.2, 0.25) is 0 Å². The van der Waals surface area contributed by atoms with Crippen LogP contribution in [0.25, 0.3) is 0 Å². The van der Waals surface area contributed by atoms with Crippen LogP contribution in [0.15, 0.2) is 42.5 Å². The number of urea groups is 1. The number of nitrogens with zero attached hydrogens (tertiary/aromatic N) is 1. The molecular weight excluding hydrogens is 336 g/mol. The van der Waals surface area contributed by atoms with Gasteiger partial charge in [-0.1, -0.05) is 18.2 Å². The third kappa shape index (κ3) is 4.58. The minimum atomic E-state index is -0.321. The van der Waals surface area contributed by atoms with Crippen molar-refractivity contribution in [1.29, 1.82) is 0 Å². The van der Waals surface area contributed by atoms with Crippen molar-refractivity contribution in [2.75, 3.05) is 30.8 Å². The Hall–Kier alpha value is -2.38. The average molecular weight is 358 g/mol. The van der Waals surface area contributed by atoms with Gasteiger partial charge in [-0.3, -0.25) is 10.1 Å². The minimum absolute atomic E-state index is 0.00779. The molecule has 6 nitrogen and oxygen atoms in total. The van der Waals surface area contributed by atoms with Crippen molar-refractivity contribution in [2.24, 2.45) is 0 Å². The summed E-state index contributed by atoms with van der Waals surface area (Å²) in [5.41, 5.74) is 0.721. The minimum Gasteiger partial charge on any atom is -0.338 e. The lowest BCUT2D eigenvalue weighted by atomic mass is 10.1. The van der Waals surface area contributed by atoms with Gasteiger partial charge in [-0.25, -0.2) is 4.79 Å². The van der Waals surface area contributed by atoms with Gasteiger partial charge in [0.05, 0.1) is 9.88 Å². The number of thiophene rings is 1. The fourth-order valence-corrected chi connectivity index (χ4v) is 3.73. The second-order valence-corrected chi connectivity index (χ2v) is 7.09. The van der Waals surface area contributed by atoms with Gasteiger partial charge in [-0.15, -0.1) is 11.3 Å². The molecule has 0 unspecified atom stereocenters. The lowest BCUT2D eigenvalue weighted by molar-refractivity contribution is 0.0708. The Labute approximate surface area is 151 Å². The number of piperidine rings is 1. The SMILES string of the molecule is CN(C(=O)c1ccc(NC(=O)Nc2ccccc2)s1)C1CCNCC1. The second-order valence-electron chi connectivity index (χ2n) is 6.01. The molecule has 3 N–H and O–H groups in total. The summed E-state index contributed by atoms with van der Waals surface area (Å²) in [5, 5.41) is 9.48. The molecule has 2 aromatic rings. The van der Waals surface area contributed by atoms with Crippen LogP contribution in [-0.2, 0) is 0 Å². The van der Waals surface area contributed by atoms with Crippen LogP contribution in [0.4, 0.5) is 15.5 Å². The van der Waals surface area contributed by atoms with Gasteiger partial charge in [0.15, 0.2) is 0 Å². The van der Waals surface area contributed by atoms with Gasteiger partial charge < -0.3 is 15.5 Å². The molecule has 3 amide bonds. The average Bonchev–Trinajstić information content (AvgIpc) is 3.10. The summed E-state index contributed by atoms with van der Waals surface area (Å²) in [6.45, 7) is 1.89. The summed E-state index contributed by atoms with van der Waals surface area (Å²) in [5.74, 6) is 0.00779. The molecule has 25 heavy (non-hydrogen) atoms. The lowest BCUT2D eigenvalue weighted by Gasteiger charge is -2.31. The highest BCUT2D eigenvalue weighted by molar-refractivity contribution is 7.18. The number of hydrogen-bond donors (Lipinski definition) is 3. The van der Waals surface area contributed by atoms with Crippen molar-refractivity contribution in [1.82, 2.24) is 10.2 Å². The van der Waals surface area contributed by atoms with Gasteiger partial charge in [-0.05, 0) is 50.2 Å². The number of rotatable bonds is 4. The number of nitrogens with one attached hydrogen (secondary N) is 3. The molecule has 1 fully saturated rings. The quantitative estimate of drug-likeness (QED) is 0.786. The number of hydrogen-bond acceptors (Lipinski definition) is 4. The van der Waals surface area contributed by atoms with E-state index in [1.165, 1.54) is 11.3 Å². The zero-order valence-corrected chi connectivity index (χ0v) is 14.9. The number of carbonyl (C=O) groups excluding carboxylic acids is 2. The predicted molar refractivity (Wildman–Crippen MR) is 101 cm³/mol. The molecule has 0 radical (unpaired) electrons. The first-order valence-corrected chi connectivity index (χ1v) is 9.16. The van der Waals surface area contributed by atoms with Crippen molar-refractivity contribution in [3.05, 3.63) is 47.3 Å². The molecule has 2 heterocycles. The second kappa shape index (κ2) is 8.13. The molecule has 0 atom stereocenters. The molecule has 1 aliphatic heterocycles. The van der Waals surface area contributed by atoms with E-state index in [9.17, 15) is 9.59 Å². The van der Waals surface area contributed by atoms with Crippen molar-refractivity contribution >= 4 is 34.0 Å². The summed E-state index contributed by atoms with van der Waals surface area (Å²) in [7, 11) is 1.85. The fraction of sp³-hybridized carbons (Fsp3) is 0.333. The van der Waals surface area contributed by atoms with Crippen LogP contribution < -0.4 is 16.0 Å². The van der Waals surface area contributed by atoms with E-state index < -0.39 is 0 Å². The normalized spacial score (nSPS) is 14.8. The third-order valence-corrected chi connectivity index (χ3v) is 5.25. The highest BCUT2D eigenvalue weighted by Crippen LogP contribution is 2.24. The van der Waals surface area contributed by atoms with E-state index in [4.69, 9.17) is 0 Å². The number of carbonyl (C=O) groups is 2. The van der Waals surface area contributed by atoms with Crippen LogP contribution in [0, 0.1) is 0 Å². The van der Waals surface area contributed by atoms with Gasteiger partial charge in [0.25, 0.3) is 5.91 Å². The van der Waals surface area contributed by atoms with E-state index in [1.807, 2.05) is 42.3 Å². The fourth-order valence-electron chi connectivity index (χ4n) is 2.85. The van der Waals surface area contributed by atoms with E-state index in [0.717, 1.165) is 31.6 Å². The summed E-state index contributed by atoms with van der Waals surface area (Å²) >= 11 is 1.29. The van der Waals surface area contributed by atoms with E-state index >= 15 is 0 Å². The van der Waals surface area contributed by atoms with E-state index in [2.05, 4.69) is 16.0 Å². The lowest BCUT2D eigenvalue weighted by Crippen LogP contribution is -2.43. The summed E-state index contributed by atoms with van der Waals surface area (Å²) in [6.07, 6.45) is 1.94. The zero-order chi connectivity index (χ0) is 17.6. The van der Waals surface area contributed by atoms with Crippen LogP contribution in [0.5, 0.6) is 0 Å². The molecule has 7 heteroatoms. The maximum atomic E-state index is 12.6. The molecule has 1 aliphatic rings. The standard InChI is InChI=1S/C18H22N4O2S/c1-22(14-9-11-19-12-10-14)17(23)15-7-8-16(25-15)21-18(24)20-13-5-3-2-4-6-13/h2-8,14,19H,9-12H2,1H3,(H2,20,21,24). The van der Waals surface area contributed by atoms with E-state index in [1.54, 1.807) is 12.1 Å². The van der Waals surface area contributed by atoms with Crippen LogP contribution in [-0.4, -0.2) is 43.0 Å². The molecule has 132 valence electrons. The molecule has 0 aliphatic carbocycles. The van der Waals surface area contributed by atoms with Crippen molar-refractivity contribution < 1.29 is 9.59 Å². The largest absolute Gasteiger partial charge is 0.338 e. The Morgan fingerprint density at radius 2 is 1.80 bits per heavy atom. The molecule has 1 aromatic carbocycles. The highest BCUT2D eigenvalue weighted by atomic mass is 32.1. The number of amides is 3. The Bertz CT molecular complexity index is 726. The van der Waals surface area contributed by atoms with Crippen molar-refractivity contribution in [3.8, 4) is 0 Å². The molecule has 1 saturated heterocycles. The molecule has 0 saturated carbocycles. The molecule has 0 bridgehead atoms. The smallest absolute Gasteiger partial charge is 0.324 e. The molecule has 0 spiro atoms. The topological polar surface area (TPSA) is 73.5 Å². The zero-order valence-electron chi connectivity index (χ0n) is 14.1. The van der Waals surface area contributed by atoms with Crippen molar-refractivity contribution in [3.63, 3.8) is 0 Å². The monoisotopic (exact) mass is 358 g/mol. The van der Waals surface area contributed by atoms with Gasteiger partial charge >= 0.3 is 6.03 Å². The Balaban J connectivity index is 1.57. The Morgan fingerprint density at radius 3 is 2.52 bits per heavy atom. The van der Waals surface area contributed by atoms with Crippen LogP contribution >= 0.6 is 11.3 Å². The van der Waals surface area contributed by atoms with Crippen molar-refractivity contribution in [2.45, 2.75) is 18.9 Å². The van der Waals surface area contributed by atoms with Gasteiger partial charge in [0, 0.05) is 18.8 Å². The number of anilines is 2.